The lowest BCUT2D eigenvalue weighted by atomic mass is 9.71. The molecule has 1 aromatic carbocycles. The van der Waals surface area contributed by atoms with Crippen LogP contribution in [0.2, 0.25) is 0 Å². The molecule has 3 nitrogen and oxygen atoms in total. The monoisotopic (exact) mass is 253 g/mol. The maximum Gasteiger partial charge on any atom is 0.241 e. The fraction of sp³-hybridized carbons (Fsp3) is 0.375. The van der Waals surface area contributed by atoms with E-state index >= 15 is 0 Å². The molecule has 0 N–H and O–H groups in total. The number of allylic oxidation sites excluding steroid dienone is 2. The SMILES string of the molecule is C[C@]12C(=O)N(c3ccccc3)C(=O)[C@H]1[C@H]1C=C[C@H]2C1. The fourth-order valence-corrected chi connectivity index (χ4v) is 4.13. The Morgan fingerprint density at radius 2 is 1.89 bits per heavy atom. The first-order valence-electron chi connectivity index (χ1n) is 6.76. The van der Waals surface area contributed by atoms with E-state index in [4.69, 9.17) is 0 Å². The number of carbonyl (C=O) groups excluding carboxylic acids is 2. The van der Waals surface area contributed by atoms with Crippen molar-refractivity contribution in [2.24, 2.45) is 23.2 Å². The van der Waals surface area contributed by atoms with Crippen molar-refractivity contribution in [3.63, 3.8) is 0 Å². The van der Waals surface area contributed by atoms with Crippen molar-refractivity contribution in [3.05, 3.63) is 42.5 Å². The van der Waals surface area contributed by atoms with Crippen LogP contribution in [0, 0.1) is 23.2 Å². The molecule has 2 aliphatic carbocycles. The average molecular weight is 253 g/mol. The summed E-state index contributed by atoms with van der Waals surface area (Å²) in [6.07, 6.45) is 5.21. The minimum absolute atomic E-state index is 0.0180. The summed E-state index contributed by atoms with van der Waals surface area (Å²) in [5, 5.41) is 0. The van der Waals surface area contributed by atoms with Gasteiger partial charge in [-0.25, -0.2) is 4.90 Å². The van der Waals surface area contributed by atoms with Crippen LogP contribution in [-0.2, 0) is 9.59 Å². The largest absolute Gasteiger partial charge is 0.274 e. The van der Waals surface area contributed by atoms with E-state index in [1.807, 2.05) is 37.3 Å². The third kappa shape index (κ3) is 1.14. The predicted octanol–water partition coefficient (Wildman–Crippen LogP) is 2.39. The van der Waals surface area contributed by atoms with E-state index in [0.717, 1.165) is 6.42 Å². The number of rotatable bonds is 1. The second kappa shape index (κ2) is 3.35. The zero-order valence-electron chi connectivity index (χ0n) is 10.7. The van der Waals surface area contributed by atoms with Crippen LogP contribution in [0.25, 0.3) is 0 Å². The summed E-state index contributed by atoms with van der Waals surface area (Å²) in [6, 6.07) is 9.27. The van der Waals surface area contributed by atoms with Crippen molar-refractivity contribution >= 4 is 17.5 Å². The summed E-state index contributed by atoms with van der Waals surface area (Å²) in [4.78, 5) is 26.8. The van der Waals surface area contributed by atoms with Crippen LogP contribution in [0.4, 0.5) is 5.69 Å². The lowest BCUT2D eigenvalue weighted by molar-refractivity contribution is -0.127. The summed E-state index contributed by atoms with van der Waals surface area (Å²) < 4.78 is 0. The third-order valence-electron chi connectivity index (χ3n) is 5.13. The van der Waals surface area contributed by atoms with E-state index in [0.29, 0.717) is 5.69 Å². The van der Waals surface area contributed by atoms with E-state index in [1.54, 1.807) is 0 Å². The van der Waals surface area contributed by atoms with Gasteiger partial charge < -0.3 is 0 Å². The molecule has 96 valence electrons. The fourth-order valence-electron chi connectivity index (χ4n) is 4.13. The second-order valence-corrected chi connectivity index (χ2v) is 5.97. The zero-order valence-corrected chi connectivity index (χ0v) is 10.7. The molecule has 3 heteroatoms. The highest BCUT2D eigenvalue weighted by Gasteiger charge is 2.67. The molecule has 4 atom stereocenters. The molecule has 0 unspecified atom stereocenters. The predicted molar refractivity (Wildman–Crippen MR) is 71.3 cm³/mol. The minimum atomic E-state index is -0.521. The molecule has 0 aromatic heterocycles. The molecule has 2 bridgehead atoms. The molecule has 1 saturated heterocycles. The summed E-state index contributed by atoms with van der Waals surface area (Å²) in [5.74, 6) is 0.282. The van der Waals surface area contributed by atoms with Crippen molar-refractivity contribution in [2.75, 3.05) is 4.90 Å². The van der Waals surface area contributed by atoms with Gasteiger partial charge in [-0.3, -0.25) is 9.59 Å². The number of imide groups is 1. The smallest absolute Gasteiger partial charge is 0.241 e. The van der Waals surface area contributed by atoms with Crippen LogP contribution in [0.1, 0.15) is 13.3 Å². The number of fused-ring (bicyclic) bond motifs is 5. The lowest BCUT2D eigenvalue weighted by Crippen LogP contribution is -2.37. The molecule has 0 radical (unpaired) electrons. The van der Waals surface area contributed by atoms with Crippen molar-refractivity contribution in [2.45, 2.75) is 13.3 Å². The molecule has 0 spiro atoms. The molecule has 2 fully saturated rings. The van der Waals surface area contributed by atoms with Gasteiger partial charge in [-0.1, -0.05) is 30.4 Å². The number of para-hydroxylation sites is 1. The van der Waals surface area contributed by atoms with Crippen molar-refractivity contribution in [1.29, 1.82) is 0 Å². The van der Waals surface area contributed by atoms with Crippen molar-refractivity contribution in [3.8, 4) is 0 Å². The third-order valence-corrected chi connectivity index (χ3v) is 5.13. The quantitative estimate of drug-likeness (QED) is 0.569. The van der Waals surface area contributed by atoms with Crippen LogP contribution in [-0.4, -0.2) is 11.8 Å². The Labute approximate surface area is 111 Å². The normalized spacial score (nSPS) is 39.2. The van der Waals surface area contributed by atoms with Crippen molar-refractivity contribution < 1.29 is 9.59 Å². The van der Waals surface area contributed by atoms with E-state index < -0.39 is 5.41 Å². The Kier molecular flexibility index (Phi) is 1.93. The summed E-state index contributed by atoms with van der Waals surface area (Å²) in [6.45, 7) is 1.97. The number of nitrogens with zero attached hydrogens (tertiary/aromatic N) is 1. The maximum absolute atomic E-state index is 12.8. The summed E-state index contributed by atoms with van der Waals surface area (Å²) >= 11 is 0. The van der Waals surface area contributed by atoms with E-state index in [2.05, 4.69) is 12.2 Å². The van der Waals surface area contributed by atoms with E-state index in [-0.39, 0.29) is 29.6 Å². The van der Waals surface area contributed by atoms with Gasteiger partial charge in [0.1, 0.15) is 0 Å². The Bertz CT molecular complexity index is 606. The second-order valence-electron chi connectivity index (χ2n) is 5.97. The molecule has 1 heterocycles. The maximum atomic E-state index is 12.8. The van der Waals surface area contributed by atoms with Gasteiger partial charge >= 0.3 is 0 Å². The number of anilines is 1. The number of benzene rings is 1. The van der Waals surface area contributed by atoms with Crippen LogP contribution < -0.4 is 4.90 Å². The van der Waals surface area contributed by atoms with Gasteiger partial charge in [0, 0.05) is 0 Å². The van der Waals surface area contributed by atoms with Crippen LogP contribution in [0.5, 0.6) is 0 Å². The molecule has 1 aromatic rings. The van der Waals surface area contributed by atoms with Crippen LogP contribution >= 0.6 is 0 Å². The van der Waals surface area contributed by atoms with E-state index in [1.165, 1.54) is 4.90 Å². The molecule has 2 amide bonds. The first-order valence-corrected chi connectivity index (χ1v) is 6.76. The number of amides is 2. The molecule has 4 rings (SSSR count). The Balaban J connectivity index is 1.83. The van der Waals surface area contributed by atoms with Crippen LogP contribution in [0.15, 0.2) is 42.5 Å². The zero-order chi connectivity index (χ0) is 13.2. The van der Waals surface area contributed by atoms with Gasteiger partial charge in [0.25, 0.3) is 0 Å². The molecule has 1 saturated carbocycles. The Hall–Kier alpha value is -1.90. The molecule has 1 aliphatic heterocycles. The van der Waals surface area contributed by atoms with E-state index in [9.17, 15) is 9.59 Å². The molecular weight excluding hydrogens is 238 g/mol. The topological polar surface area (TPSA) is 37.4 Å². The lowest BCUT2D eigenvalue weighted by Gasteiger charge is -2.28. The van der Waals surface area contributed by atoms with Crippen LogP contribution in [0.3, 0.4) is 0 Å². The van der Waals surface area contributed by atoms with Gasteiger partial charge in [0.2, 0.25) is 11.8 Å². The standard InChI is InChI=1S/C16H15NO2/c1-16-11-8-7-10(9-11)13(16)14(18)17(15(16)19)12-5-3-2-4-6-12/h2-8,10-11,13H,9H2,1H3/t10-,11-,13+,16+/m0/s1. The Morgan fingerprint density at radius 3 is 2.58 bits per heavy atom. The molecule has 19 heavy (non-hydrogen) atoms. The number of hydrogen-bond donors (Lipinski definition) is 0. The van der Waals surface area contributed by atoms with Gasteiger partial charge in [-0.2, -0.15) is 0 Å². The number of carbonyl (C=O) groups is 2. The Morgan fingerprint density at radius 1 is 1.16 bits per heavy atom. The highest BCUT2D eigenvalue weighted by atomic mass is 16.2. The summed E-state index contributed by atoms with van der Waals surface area (Å²) in [5.41, 5.74) is 0.180. The van der Waals surface area contributed by atoms with Gasteiger partial charge in [-0.15, -0.1) is 0 Å². The number of hydrogen-bond acceptors (Lipinski definition) is 2. The van der Waals surface area contributed by atoms with Crippen molar-refractivity contribution in [1.82, 2.24) is 0 Å². The highest BCUT2D eigenvalue weighted by molar-refractivity contribution is 6.24. The highest BCUT2D eigenvalue weighted by Crippen LogP contribution is 2.60. The average Bonchev–Trinajstić information content (AvgIpc) is 3.04. The van der Waals surface area contributed by atoms with Gasteiger partial charge in [0.05, 0.1) is 17.0 Å². The molecule has 3 aliphatic rings. The first-order chi connectivity index (χ1) is 9.14. The first kappa shape index (κ1) is 11.0. The van der Waals surface area contributed by atoms with Gasteiger partial charge in [0.15, 0.2) is 0 Å². The molecular formula is C16H15NO2. The minimum Gasteiger partial charge on any atom is -0.274 e. The van der Waals surface area contributed by atoms with Gasteiger partial charge in [-0.05, 0) is 37.3 Å². The summed E-state index contributed by atoms with van der Waals surface area (Å²) in [7, 11) is 0.